The van der Waals surface area contributed by atoms with Gasteiger partial charge >= 0.3 is 0 Å². The molecular weight excluding hydrogens is 334 g/mol. The molecule has 0 radical (unpaired) electrons. The van der Waals surface area contributed by atoms with E-state index in [1.165, 1.54) is 11.8 Å². The number of carbonyl (C=O) groups is 1. The first-order valence-corrected chi connectivity index (χ1v) is 8.78. The van der Waals surface area contributed by atoms with Crippen LogP contribution < -0.4 is 4.74 Å². The molecule has 1 atom stereocenters. The second kappa shape index (κ2) is 7.53. The maximum Gasteiger partial charge on any atom is 0.191 e. The number of Topliss-reactive ketones (excluding diaryl/α,β-unsaturated/α-hetero) is 1. The van der Waals surface area contributed by atoms with Gasteiger partial charge in [-0.2, -0.15) is 0 Å². The van der Waals surface area contributed by atoms with Crippen molar-refractivity contribution in [3.63, 3.8) is 0 Å². The molecule has 0 N–H and O–H groups in total. The molecule has 25 heavy (non-hydrogen) atoms. The minimum Gasteiger partial charge on any atom is -0.497 e. The van der Waals surface area contributed by atoms with Crippen molar-refractivity contribution in [2.45, 2.75) is 17.3 Å². The maximum absolute atomic E-state index is 12.6. The molecule has 0 saturated carbocycles. The van der Waals surface area contributed by atoms with Crippen LogP contribution in [-0.4, -0.2) is 32.9 Å². The van der Waals surface area contributed by atoms with Crippen LogP contribution in [0.25, 0.3) is 11.4 Å². The fraction of sp³-hybridized carbons (Fsp3) is 0.211. The van der Waals surface area contributed by atoms with Crippen LogP contribution in [-0.2, 0) is 7.05 Å². The Morgan fingerprint density at radius 1 is 1.08 bits per heavy atom. The first-order valence-electron chi connectivity index (χ1n) is 7.90. The van der Waals surface area contributed by atoms with Gasteiger partial charge in [0.25, 0.3) is 0 Å². The molecular formula is C19H19N3O2S. The van der Waals surface area contributed by atoms with Crippen molar-refractivity contribution in [2.75, 3.05) is 7.11 Å². The molecule has 2 aromatic carbocycles. The molecule has 0 aliphatic carbocycles. The zero-order valence-corrected chi connectivity index (χ0v) is 15.2. The minimum atomic E-state index is -0.264. The van der Waals surface area contributed by atoms with Gasteiger partial charge in [-0.1, -0.05) is 42.1 Å². The summed E-state index contributed by atoms with van der Waals surface area (Å²) in [4.78, 5) is 12.6. The molecule has 0 saturated heterocycles. The van der Waals surface area contributed by atoms with Crippen molar-refractivity contribution in [1.29, 1.82) is 0 Å². The van der Waals surface area contributed by atoms with Crippen molar-refractivity contribution in [1.82, 2.24) is 14.8 Å². The zero-order valence-electron chi connectivity index (χ0n) is 14.3. The molecule has 0 fully saturated rings. The average Bonchev–Trinajstić information content (AvgIpc) is 3.02. The van der Waals surface area contributed by atoms with Crippen molar-refractivity contribution < 1.29 is 9.53 Å². The van der Waals surface area contributed by atoms with E-state index in [4.69, 9.17) is 4.74 Å². The summed E-state index contributed by atoms with van der Waals surface area (Å²) in [5.41, 5.74) is 1.66. The van der Waals surface area contributed by atoms with Gasteiger partial charge in [0, 0.05) is 18.2 Å². The molecule has 0 amide bonds. The largest absolute Gasteiger partial charge is 0.497 e. The number of rotatable bonds is 6. The Morgan fingerprint density at radius 2 is 1.76 bits per heavy atom. The number of aromatic nitrogens is 3. The van der Waals surface area contributed by atoms with Gasteiger partial charge < -0.3 is 9.30 Å². The molecule has 0 unspecified atom stereocenters. The van der Waals surface area contributed by atoms with Crippen LogP contribution in [0.15, 0.2) is 59.8 Å². The third-order valence-corrected chi connectivity index (χ3v) is 5.03. The van der Waals surface area contributed by atoms with Crippen LogP contribution in [0.1, 0.15) is 17.3 Å². The highest BCUT2D eigenvalue weighted by Crippen LogP contribution is 2.27. The molecule has 1 aromatic heterocycles. The van der Waals surface area contributed by atoms with E-state index in [-0.39, 0.29) is 11.0 Å². The lowest BCUT2D eigenvalue weighted by Crippen LogP contribution is -2.14. The normalized spacial score (nSPS) is 12.0. The number of carbonyl (C=O) groups excluding carboxylic acids is 1. The number of nitrogens with zero attached hydrogens (tertiary/aromatic N) is 3. The van der Waals surface area contributed by atoms with Crippen molar-refractivity contribution in [2.24, 2.45) is 7.05 Å². The average molecular weight is 353 g/mol. The minimum absolute atomic E-state index is 0.0527. The number of methoxy groups -OCH3 is 1. The van der Waals surface area contributed by atoms with Gasteiger partial charge in [0.2, 0.25) is 0 Å². The van der Waals surface area contributed by atoms with E-state index in [2.05, 4.69) is 10.2 Å². The summed E-state index contributed by atoms with van der Waals surface area (Å²) >= 11 is 1.41. The second-order valence-corrected chi connectivity index (χ2v) is 6.89. The summed E-state index contributed by atoms with van der Waals surface area (Å²) in [6.45, 7) is 1.88. The molecule has 0 bridgehead atoms. The third kappa shape index (κ3) is 3.74. The summed E-state index contributed by atoms with van der Waals surface area (Å²) in [7, 11) is 3.52. The highest BCUT2D eigenvalue weighted by molar-refractivity contribution is 8.00. The molecule has 0 aliphatic rings. The molecule has 5 nitrogen and oxygen atoms in total. The monoisotopic (exact) mass is 353 g/mol. The number of hydrogen-bond acceptors (Lipinski definition) is 5. The number of hydrogen-bond donors (Lipinski definition) is 0. The van der Waals surface area contributed by atoms with E-state index >= 15 is 0 Å². The molecule has 0 spiro atoms. The first kappa shape index (κ1) is 17.2. The standard InChI is InChI=1S/C19H19N3O2S/c1-13(17(23)14-9-11-16(24-3)12-10-14)25-19-21-20-18(22(19)2)15-7-5-4-6-8-15/h4-13H,1-3H3/t13-/m0/s1. The van der Waals surface area contributed by atoms with E-state index in [0.717, 1.165) is 17.1 Å². The highest BCUT2D eigenvalue weighted by atomic mass is 32.2. The Bertz CT molecular complexity index is 860. The Hall–Kier alpha value is -2.60. The topological polar surface area (TPSA) is 57.0 Å². The maximum atomic E-state index is 12.6. The van der Waals surface area contributed by atoms with E-state index < -0.39 is 0 Å². The lowest BCUT2D eigenvalue weighted by molar-refractivity contribution is 0.0994. The Balaban J connectivity index is 1.75. The quantitative estimate of drug-likeness (QED) is 0.498. The molecule has 128 valence electrons. The van der Waals surface area contributed by atoms with Gasteiger partial charge in [-0.15, -0.1) is 10.2 Å². The molecule has 6 heteroatoms. The molecule has 0 aliphatic heterocycles. The third-order valence-electron chi connectivity index (χ3n) is 3.89. The zero-order chi connectivity index (χ0) is 17.8. The fourth-order valence-corrected chi connectivity index (χ4v) is 3.35. The predicted octanol–water partition coefficient (Wildman–Crippen LogP) is 3.85. The number of thioether (sulfide) groups is 1. The van der Waals surface area contributed by atoms with Gasteiger partial charge in [0.15, 0.2) is 16.8 Å². The van der Waals surface area contributed by atoms with Crippen LogP contribution >= 0.6 is 11.8 Å². The van der Waals surface area contributed by atoms with Gasteiger partial charge in [0.05, 0.1) is 12.4 Å². The molecule has 3 rings (SSSR count). The van der Waals surface area contributed by atoms with Crippen LogP contribution in [0.5, 0.6) is 5.75 Å². The van der Waals surface area contributed by atoms with E-state index in [9.17, 15) is 4.79 Å². The Morgan fingerprint density at radius 3 is 2.40 bits per heavy atom. The summed E-state index contributed by atoms with van der Waals surface area (Å²) in [6.07, 6.45) is 0. The van der Waals surface area contributed by atoms with Gasteiger partial charge in [0.1, 0.15) is 5.75 Å². The Kier molecular flexibility index (Phi) is 5.19. The van der Waals surface area contributed by atoms with Gasteiger partial charge in [-0.25, -0.2) is 0 Å². The first-order chi connectivity index (χ1) is 12.1. The van der Waals surface area contributed by atoms with Gasteiger partial charge in [-0.3, -0.25) is 4.79 Å². The van der Waals surface area contributed by atoms with Crippen molar-refractivity contribution in [3.05, 3.63) is 60.2 Å². The van der Waals surface area contributed by atoms with Crippen LogP contribution in [0, 0.1) is 0 Å². The fourth-order valence-electron chi connectivity index (χ4n) is 2.46. The van der Waals surface area contributed by atoms with Crippen molar-refractivity contribution >= 4 is 17.5 Å². The van der Waals surface area contributed by atoms with E-state index in [0.29, 0.717) is 10.7 Å². The van der Waals surface area contributed by atoms with Crippen molar-refractivity contribution in [3.8, 4) is 17.1 Å². The summed E-state index contributed by atoms with van der Waals surface area (Å²) in [5.74, 6) is 1.57. The molecule has 3 aromatic rings. The van der Waals surface area contributed by atoms with E-state index in [1.807, 2.05) is 48.9 Å². The highest BCUT2D eigenvalue weighted by Gasteiger charge is 2.20. The summed E-state index contributed by atoms with van der Waals surface area (Å²) < 4.78 is 7.04. The molecule has 1 heterocycles. The van der Waals surface area contributed by atoms with E-state index in [1.54, 1.807) is 31.4 Å². The predicted molar refractivity (Wildman–Crippen MR) is 99.1 cm³/mol. The lowest BCUT2D eigenvalue weighted by Gasteiger charge is -2.10. The summed E-state index contributed by atoms with van der Waals surface area (Å²) in [6, 6.07) is 17.0. The van der Waals surface area contributed by atoms with Gasteiger partial charge in [-0.05, 0) is 31.2 Å². The summed E-state index contributed by atoms with van der Waals surface area (Å²) in [5, 5.41) is 8.95. The lowest BCUT2D eigenvalue weighted by atomic mass is 10.1. The smallest absolute Gasteiger partial charge is 0.191 e. The number of ketones is 1. The van der Waals surface area contributed by atoms with Crippen LogP contribution in [0.4, 0.5) is 0 Å². The Labute approximate surface area is 151 Å². The second-order valence-electron chi connectivity index (χ2n) is 5.58. The van der Waals surface area contributed by atoms with Crippen LogP contribution in [0.2, 0.25) is 0 Å². The van der Waals surface area contributed by atoms with Crippen LogP contribution in [0.3, 0.4) is 0 Å². The number of ether oxygens (including phenoxy) is 1. The number of benzene rings is 2. The SMILES string of the molecule is COc1ccc(C(=O)[C@H](C)Sc2nnc(-c3ccccc3)n2C)cc1.